The van der Waals surface area contributed by atoms with Gasteiger partial charge in [-0.3, -0.25) is 10.1 Å². The van der Waals surface area contributed by atoms with Crippen LogP contribution in [-0.4, -0.2) is 17.6 Å². The highest BCUT2D eigenvalue weighted by atomic mass is 35.5. The van der Waals surface area contributed by atoms with Gasteiger partial charge in [-0.1, -0.05) is 11.6 Å². The van der Waals surface area contributed by atoms with Crippen LogP contribution in [0.2, 0.25) is 5.02 Å². The van der Waals surface area contributed by atoms with Crippen LogP contribution < -0.4 is 5.32 Å². The summed E-state index contributed by atoms with van der Waals surface area (Å²) in [5.41, 5.74) is 0.213. The number of nitrogens with one attached hydrogen (secondary N) is 1. The maximum atomic E-state index is 11.9. The molecule has 8 heteroatoms. The number of anilines is 1. The van der Waals surface area contributed by atoms with Gasteiger partial charge in [0.1, 0.15) is 0 Å². The fraction of sp³-hybridized carbons (Fsp3) is 0.400. The number of halogens is 4. The standard InChI is InChI=1S/C10H10ClF3N2O2/c11-8-6-7(16(17)18)2-3-9(8)15-5-1-4-10(12,13)14/h2-3,6,15H,1,4-5H2. The van der Waals surface area contributed by atoms with Gasteiger partial charge in [-0.05, 0) is 12.5 Å². The minimum absolute atomic E-state index is 0.0865. The van der Waals surface area contributed by atoms with E-state index in [1.165, 1.54) is 12.1 Å². The lowest BCUT2D eigenvalue weighted by Gasteiger charge is -2.09. The molecular weight excluding hydrogens is 273 g/mol. The molecule has 1 aromatic rings. The average Bonchev–Trinajstić information content (AvgIpc) is 2.24. The van der Waals surface area contributed by atoms with E-state index in [1.807, 2.05) is 0 Å². The first kappa shape index (κ1) is 14.6. The van der Waals surface area contributed by atoms with Crippen LogP contribution in [0, 0.1) is 10.1 Å². The van der Waals surface area contributed by atoms with Crippen LogP contribution in [0.5, 0.6) is 0 Å². The van der Waals surface area contributed by atoms with Gasteiger partial charge in [0.05, 0.1) is 15.6 Å². The molecule has 0 aliphatic carbocycles. The summed E-state index contributed by atoms with van der Waals surface area (Å²) in [6.07, 6.45) is -5.15. The van der Waals surface area contributed by atoms with Crippen LogP contribution in [0.25, 0.3) is 0 Å². The van der Waals surface area contributed by atoms with Crippen LogP contribution >= 0.6 is 11.6 Å². The quantitative estimate of drug-likeness (QED) is 0.504. The average molecular weight is 283 g/mol. The number of nitro groups is 1. The highest BCUT2D eigenvalue weighted by molar-refractivity contribution is 6.33. The van der Waals surface area contributed by atoms with E-state index in [4.69, 9.17) is 11.6 Å². The third-order valence-corrected chi connectivity index (χ3v) is 2.43. The molecule has 0 radical (unpaired) electrons. The second-order valence-electron chi connectivity index (χ2n) is 3.57. The maximum Gasteiger partial charge on any atom is 0.389 e. The molecule has 0 saturated heterocycles. The fourth-order valence-corrected chi connectivity index (χ4v) is 1.51. The normalized spacial score (nSPS) is 11.3. The lowest BCUT2D eigenvalue weighted by atomic mass is 10.2. The van der Waals surface area contributed by atoms with E-state index in [2.05, 4.69) is 5.32 Å². The molecule has 100 valence electrons. The molecule has 1 rings (SSSR count). The molecule has 1 N–H and O–H groups in total. The molecule has 4 nitrogen and oxygen atoms in total. The number of rotatable bonds is 5. The first-order valence-corrected chi connectivity index (χ1v) is 5.42. The zero-order valence-corrected chi connectivity index (χ0v) is 9.88. The predicted molar refractivity (Wildman–Crippen MR) is 61.9 cm³/mol. The SMILES string of the molecule is O=[N+]([O-])c1ccc(NCCCC(F)(F)F)c(Cl)c1. The number of alkyl halides is 3. The molecule has 0 spiro atoms. The largest absolute Gasteiger partial charge is 0.389 e. The first-order valence-electron chi connectivity index (χ1n) is 5.04. The van der Waals surface area contributed by atoms with Crippen LogP contribution in [0.15, 0.2) is 18.2 Å². The summed E-state index contributed by atoms with van der Waals surface area (Å²) in [7, 11) is 0. The Bertz CT molecular complexity index is 438. The van der Waals surface area contributed by atoms with Crippen molar-refractivity contribution in [3.05, 3.63) is 33.3 Å². The molecule has 0 aliphatic heterocycles. The third-order valence-electron chi connectivity index (χ3n) is 2.12. The van der Waals surface area contributed by atoms with E-state index >= 15 is 0 Å². The van der Waals surface area contributed by atoms with Crippen LogP contribution in [-0.2, 0) is 0 Å². The molecule has 18 heavy (non-hydrogen) atoms. The van der Waals surface area contributed by atoms with E-state index in [0.717, 1.165) is 6.07 Å². The smallest absolute Gasteiger partial charge is 0.384 e. The van der Waals surface area contributed by atoms with Crippen LogP contribution in [0.1, 0.15) is 12.8 Å². The number of nitrogens with zero attached hydrogens (tertiary/aromatic N) is 1. The Morgan fingerprint density at radius 1 is 1.39 bits per heavy atom. The number of nitro benzene ring substituents is 1. The van der Waals surface area contributed by atoms with Gasteiger partial charge in [-0.15, -0.1) is 0 Å². The fourth-order valence-electron chi connectivity index (χ4n) is 1.27. The summed E-state index contributed by atoms with van der Waals surface area (Å²) < 4.78 is 35.6. The van der Waals surface area contributed by atoms with E-state index < -0.39 is 17.5 Å². The van der Waals surface area contributed by atoms with Crippen molar-refractivity contribution in [2.24, 2.45) is 0 Å². The Kier molecular flexibility index (Phi) is 4.77. The van der Waals surface area contributed by atoms with E-state index in [1.54, 1.807) is 0 Å². The molecule has 0 atom stereocenters. The topological polar surface area (TPSA) is 55.2 Å². The van der Waals surface area contributed by atoms with Gasteiger partial charge in [-0.25, -0.2) is 0 Å². The Balaban J connectivity index is 2.51. The molecule has 0 amide bonds. The number of benzene rings is 1. The number of hydrogen-bond acceptors (Lipinski definition) is 3. The molecule has 0 bridgehead atoms. The summed E-state index contributed by atoms with van der Waals surface area (Å²) in [4.78, 5) is 9.84. The molecular formula is C10H10ClF3N2O2. The monoisotopic (exact) mass is 282 g/mol. The van der Waals surface area contributed by atoms with Crippen molar-refractivity contribution in [1.82, 2.24) is 0 Å². The van der Waals surface area contributed by atoms with E-state index in [-0.39, 0.29) is 23.7 Å². The van der Waals surface area contributed by atoms with Crippen molar-refractivity contribution in [1.29, 1.82) is 0 Å². The van der Waals surface area contributed by atoms with Crippen molar-refractivity contribution in [2.75, 3.05) is 11.9 Å². The van der Waals surface area contributed by atoms with E-state index in [9.17, 15) is 23.3 Å². The van der Waals surface area contributed by atoms with Crippen molar-refractivity contribution in [3.8, 4) is 0 Å². The van der Waals surface area contributed by atoms with Gasteiger partial charge in [0, 0.05) is 25.1 Å². The highest BCUT2D eigenvalue weighted by Gasteiger charge is 2.25. The maximum absolute atomic E-state index is 11.9. The van der Waals surface area contributed by atoms with Gasteiger partial charge in [0.15, 0.2) is 0 Å². The Hall–Kier alpha value is -1.50. The lowest BCUT2D eigenvalue weighted by Crippen LogP contribution is -2.11. The summed E-state index contributed by atoms with van der Waals surface area (Å²) in [5.74, 6) is 0. The molecule has 0 heterocycles. The Morgan fingerprint density at radius 2 is 2.06 bits per heavy atom. The lowest BCUT2D eigenvalue weighted by molar-refractivity contribution is -0.384. The van der Waals surface area contributed by atoms with Gasteiger partial charge >= 0.3 is 6.18 Å². The van der Waals surface area contributed by atoms with Crippen molar-refractivity contribution >= 4 is 23.0 Å². The summed E-state index contributed by atoms with van der Waals surface area (Å²) in [5, 5.41) is 13.2. The molecule has 1 aromatic carbocycles. The highest BCUT2D eigenvalue weighted by Crippen LogP contribution is 2.27. The Labute approximate surface area is 106 Å². The molecule has 0 aromatic heterocycles. The van der Waals surface area contributed by atoms with Gasteiger partial charge in [-0.2, -0.15) is 13.2 Å². The van der Waals surface area contributed by atoms with Crippen LogP contribution in [0.4, 0.5) is 24.5 Å². The van der Waals surface area contributed by atoms with Crippen molar-refractivity contribution in [2.45, 2.75) is 19.0 Å². The zero-order valence-electron chi connectivity index (χ0n) is 9.13. The first-order chi connectivity index (χ1) is 8.29. The van der Waals surface area contributed by atoms with Crippen LogP contribution in [0.3, 0.4) is 0 Å². The molecule has 0 fully saturated rings. The van der Waals surface area contributed by atoms with Gasteiger partial charge in [0.25, 0.3) is 5.69 Å². The number of non-ortho nitro benzene ring substituents is 1. The summed E-state index contributed by atoms with van der Waals surface area (Å²) in [6, 6.07) is 3.75. The summed E-state index contributed by atoms with van der Waals surface area (Å²) >= 11 is 5.75. The van der Waals surface area contributed by atoms with Gasteiger partial charge in [0.2, 0.25) is 0 Å². The molecule has 0 unspecified atom stereocenters. The zero-order chi connectivity index (χ0) is 13.8. The molecule has 0 saturated carbocycles. The second-order valence-corrected chi connectivity index (χ2v) is 3.97. The third kappa shape index (κ3) is 4.79. The van der Waals surface area contributed by atoms with Gasteiger partial charge < -0.3 is 5.32 Å². The second kappa shape index (κ2) is 5.90. The summed E-state index contributed by atoms with van der Waals surface area (Å²) in [6.45, 7) is 0.0943. The predicted octanol–water partition coefficient (Wildman–Crippen LogP) is 4.00. The minimum atomic E-state index is -4.18. The van der Waals surface area contributed by atoms with Crippen molar-refractivity contribution in [3.63, 3.8) is 0 Å². The molecule has 0 aliphatic rings. The van der Waals surface area contributed by atoms with E-state index in [0.29, 0.717) is 5.69 Å². The van der Waals surface area contributed by atoms with Crippen molar-refractivity contribution < 1.29 is 18.1 Å². The number of hydrogen-bond donors (Lipinski definition) is 1. The Morgan fingerprint density at radius 3 is 2.56 bits per heavy atom. The minimum Gasteiger partial charge on any atom is -0.384 e.